The van der Waals surface area contributed by atoms with Crippen LogP contribution >= 0.6 is 11.6 Å². The van der Waals surface area contributed by atoms with Crippen LogP contribution in [-0.4, -0.2) is 20.5 Å². The van der Waals surface area contributed by atoms with Gasteiger partial charge in [-0.05, 0) is 18.2 Å². The summed E-state index contributed by atoms with van der Waals surface area (Å²) in [6.45, 7) is 0. The van der Waals surface area contributed by atoms with Gasteiger partial charge in [-0.3, -0.25) is 9.71 Å². The van der Waals surface area contributed by atoms with Gasteiger partial charge < -0.3 is 10.5 Å². The summed E-state index contributed by atoms with van der Waals surface area (Å²) in [6.07, 6.45) is 2.79. The van der Waals surface area contributed by atoms with Gasteiger partial charge in [-0.1, -0.05) is 11.6 Å². The molecular weight excluding hydrogens is 302 g/mol. The second-order valence-electron chi connectivity index (χ2n) is 3.86. The average molecular weight is 314 g/mol. The van der Waals surface area contributed by atoms with Crippen LogP contribution in [0.1, 0.15) is 0 Å². The maximum absolute atomic E-state index is 12.2. The number of nitrogens with two attached hydrogens (primary N) is 1. The molecule has 6 nitrogen and oxygen atoms in total. The van der Waals surface area contributed by atoms with Crippen LogP contribution in [-0.2, 0) is 10.0 Å². The molecule has 0 fully saturated rings. The molecule has 1 aromatic heterocycles. The molecule has 0 amide bonds. The number of sulfonamides is 1. The summed E-state index contributed by atoms with van der Waals surface area (Å²) in [6, 6.07) is 5.66. The van der Waals surface area contributed by atoms with Gasteiger partial charge in [0.05, 0.1) is 34.6 Å². The lowest BCUT2D eigenvalue weighted by atomic mass is 10.3. The van der Waals surface area contributed by atoms with Crippen molar-refractivity contribution in [2.45, 2.75) is 4.90 Å². The molecule has 3 N–H and O–H groups in total. The maximum Gasteiger partial charge on any atom is 0.262 e. The van der Waals surface area contributed by atoms with Gasteiger partial charge in [0, 0.05) is 12.3 Å². The van der Waals surface area contributed by atoms with Gasteiger partial charge in [0.25, 0.3) is 10.0 Å². The fourth-order valence-corrected chi connectivity index (χ4v) is 2.80. The summed E-state index contributed by atoms with van der Waals surface area (Å²) in [5.74, 6) is 0.283. The zero-order chi connectivity index (χ0) is 14.8. The molecule has 0 saturated carbocycles. The number of nitrogens with zero attached hydrogens (tertiary/aromatic N) is 1. The van der Waals surface area contributed by atoms with E-state index in [1.165, 1.54) is 43.8 Å². The molecule has 0 aliphatic heterocycles. The number of anilines is 2. The molecule has 0 bridgehead atoms. The van der Waals surface area contributed by atoms with E-state index >= 15 is 0 Å². The van der Waals surface area contributed by atoms with Crippen molar-refractivity contribution in [1.29, 1.82) is 0 Å². The Hall–Kier alpha value is -1.99. The molecule has 1 aromatic carbocycles. The van der Waals surface area contributed by atoms with Crippen molar-refractivity contribution in [2.24, 2.45) is 0 Å². The van der Waals surface area contributed by atoms with Crippen LogP contribution < -0.4 is 15.2 Å². The highest BCUT2D eigenvalue weighted by molar-refractivity contribution is 7.92. The largest absolute Gasteiger partial charge is 0.495 e. The number of nitrogens with one attached hydrogen (secondary N) is 1. The molecular formula is C12H12ClN3O3S. The first-order valence-electron chi connectivity index (χ1n) is 5.50. The van der Waals surface area contributed by atoms with E-state index in [-0.39, 0.29) is 21.4 Å². The van der Waals surface area contributed by atoms with Crippen molar-refractivity contribution in [1.82, 2.24) is 4.98 Å². The first-order chi connectivity index (χ1) is 9.44. The van der Waals surface area contributed by atoms with E-state index in [0.29, 0.717) is 5.69 Å². The smallest absolute Gasteiger partial charge is 0.262 e. The number of pyridine rings is 1. The van der Waals surface area contributed by atoms with Crippen LogP contribution in [0.25, 0.3) is 0 Å². The Balaban J connectivity index is 2.38. The molecule has 1 heterocycles. The van der Waals surface area contributed by atoms with Gasteiger partial charge in [-0.2, -0.15) is 0 Å². The predicted molar refractivity (Wildman–Crippen MR) is 77.5 cm³/mol. The van der Waals surface area contributed by atoms with E-state index in [2.05, 4.69) is 9.71 Å². The van der Waals surface area contributed by atoms with E-state index in [1.54, 1.807) is 0 Å². The van der Waals surface area contributed by atoms with Gasteiger partial charge in [0.2, 0.25) is 0 Å². The second-order valence-corrected chi connectivity index (χ2v) is 5.95. The molecule has 106 valence electrons. The second kappa shape index (κ2) is 5.56. The molecule has 0 aliphatic rings. The lowest BCUT2D eigenvalue weighted by Gasteiger charge is -2.11. The Morgan fingerprint density at radius 3 is 2.75 bits per heavy atom. The molecule has 0 spiro atoms. The van der Waals surface area contributed by atoms with Crippen LogP contribution in [0.2, 0.25) is 5.02 Å². The highest BCUT2D eigenvalue weighted by atomic mass is 35.5. The lowest BCUT2D eigenvalue weighted by molar-refractivity contribution is 0.415. The predicted octanol–water partition coefficient (Wildman–Crippen LogP) is 2.13. The molecule has 0 atom stereocenters. The van der Waals surface area contributed by atoms with Gasteiger partial charge >= 0.3 is 0 Å². The Bertz CT molecular complexity index is 734. The Kier molecular flexibility index (Phi) is 4.01. The monoisotopic (exact) mass is 313 g/mol. The maximum atomic E-state index is 12.2. The van der Waals surface area contributed by atoms with E-state index in [1.807, 2.05) is 0 Å². The van der Waals surface area contributed by atoms with Crippen LogP contribution in [0, 0.1) is 0 Å². The minimum atomic E-state index is -3.80. The molecule has 0 aliphatic carbocycles. The number of nitrogen functional groups attached to an aromatic ring is 1. The van der Waals surface area contributed by atoms with Gasteiger partial charge in [-0.15, -0.1) is 0 Å². The summed E-state index contributed by atoms with van der Waals surface area (Å²) < 4.78 is 31.8. The van der Waals surface area contributed by atoms with Crippen molar-refractivity contribution in [3.05, 3.63) is 41.7 Å². The van der Waals surface area contributed by atoms with Crippen molar-refractivity contribution >= 4 is 33.0 Å². The van der Waals surface area contributed by atoms with Gasteiger partial charge in [-0.25, -0.2) is 8.42 Å². The summed E-state index contributed by atoms with van der Waals surface area (Å²) in [7, 11) is -2.38. The summed E-state index contributed by atoms with van der Waals surface area (Å²) in [4.78, 5) is 3.83. The number of hydrogen-bond acceptors (Lipinski definition) is 5. The van der Waals surface area contributed by atoms with Crippen molar-refractivity contribution in [3.8, 4) is 5.75 Å². The first-order valence-corrected chi connectivity index (χ1v) is 7.36. The minimum absolute atomic E-state index is 0.0171. The first kappa shape index (κ1) is 14.4. The van der Waals surface area contributed by atoms with Crippen LogP contribution in [0.5, 0.6) is 5.75 Å². The number of rotatable bonds is 4. The number of benzene rings is 1. The fourth-order valence-electron chi connectivity index (χ4n) is 1.51. The number of ether oxygens (including phenoxy) is 1. The van der Waals surface area contributed by atoms with E-state index < -0.39 is 10.0 Å². The van der Waals surface area contributed by atoms with Crippen LogP contribution in [0.3, 0.4) is 0 Å². The lowest BCUT2D eigenvalue weighted by Crippen LogP contribution is -2.13. The Morgan fingerprint density at radius 1 is 1.35 bits per heavy atom. The standard InChI is InChI=1S/C12H12ClN3O3S/c1-19-12-6-8(2-3-10(12)14)20(17,18)16-11-7-15-5-4-9(11)13/h2-7,16H,14H2,1H3. The van der Waals surface area contributed by atoms with E-state index in [4.69, 9.17) is 22.1 Å². The quantitative estimate of drug-likeness (QED) is 0.843. The summed E-state index contributed by atoms with van der Waals surface area (Å²) >= 11 is 5.89. The molecule has 0 saturated heterocycles. The Morgan fingerprint density at radius 2 is 2.10 bits per heavy atom. The molecule has 2 rings (SSSR count). The number of methoxy groups -OCH3 is 1. The molecule has 0 unspecified atom stereocenters. The normalized spacial score (nSPS) is 11.1. The van der Waals surface area contributed by atoms with Crippen LogP contribution in [0.4, 0.5) is 11.4 Å². The third-order valence-corrected chi connectivity index (χ3v) is 4.22. The van der Waals surface area contributed by atoms with Crippen molar-refractivity contribution < 1.29 is 13.2 Å². The zero-order valence-electron chi connectivity index (χ0n) is 10.5. The topological polar surface area (TPSA) is 94.3 Å². The summed E-state index contributed by atoms with van der Waals surface area (Å²) in [5, 5.41) is 0.256. The zero-order valence-corrected chi connectivity index (χ0v) is 12.1. The van der Waals surface area contributed by atoms with Crippen molar-refractivity contribution in [3.63, 3.8) is 0 Å². The van der Waals surface area contributed by atoms with Gasteiger partial charge in [0.1, 0.15) is 5.75 Å². The van der Waals surface area contributed by atoms with Crippen molar-refractivity contribution in [2.75, 3.05) is 17.6 Å². The molecule has 8 heteroatoms. The average Bonchev–Trinajstić information content (AvgIpc) is 2.41. The molecule has 2 aromatic rings. The highest BCUT2D eigenvalue weighted by Crippen LogP contribution is 2.27. The molecule has 0 radical (unpaired) electrons. The third-order valence-electron chi connectivity index (χ3n) is 2.53. The number of aromatic nitrogens is 1. The minimum Gasteiger partial charge on any atom is -0.495 e. The van der Waals surface area contributed by atoms with Crippen LogP contribution in [0.15, 0.2) is 41.6 Å². The highest BCUT2D eigenvalue weighted by Gasteiger charge is 2.17. The van der Waals surface area contributed by atoms with E-state index in [9.17, 15) is 8.42 Å². The number of halogens is 1. The fraction of sp³-hybridized carbons (Fsp3) is 0.0833. The van der Waals surface area contributed by atoms with Gasteiger partial charge in [0.15, 0.2) is 0 Å². The molecule has 20 heavy (non-hydrogen) atoms. The van der Waals surface area contributed by atoms with E-state index in [0.717, 1.165) is 0 Å². The third kappa shape index (κ3) is 2.94. The summed E-state index contributed by atoms with van der Waals surface area (Å²) in [5.41, 5.74) is 6.20. The number of hydrogen-bond donors (Lipinski definition) is 2. The Labute approximate surface area is 121 Å². The SMILES string of the molecule is COc1cc(S(=O)(=O)Nc2cnccc2Cl)ccc1N.